The number of hydrogen-bond acceptors (Lipinski definition) is 6. The van der Waals surface area contributed by atoms with Gasteiger partial charge in [0, 0.05) is 38.9 Å². The Bertz CT molecular complexity index is 731. The second kappa shape index (κ2) is 9.26. The number of hydrogen-bond donors (Lipinski definition) is 2. The minimum atomic E-state index is -0.202. The molecular weight excluding hydrogens is 330 g/mol. The van der Waals surface area contributed by atoms with Crippen molar-refractivity contribution in [1.82, 2.24) is 20.2 Å². The lowest BCUT2D eigenvalue weighted by molar-refractivity contribution is 0.0398. The first-order valence-electron chi connectivity index (χ1n) is 8.92. The number of nitrogens with one attached hydrogen (secondary N) is 2. The number of rotatable bonds is 7. The summed E-state index contributed by atoms with van der Waals surface area (Å²) in [6, 6.07) is 9.62. The second-order valence-electron chi connectivity index (χ2n) is 6.26. The highest BCUT2D eigenvalue weighted by molar-refractivity contribution is 5.92. The van der Waals surface area contributed by atoms with Crippen LogP contribution >= 0.6 is 0 Å². The molecule has 1 fully saturated rings. The summed E-state index contributed by atoms with van der Waals surface area (Å²) in [5.74, 6) is 0.272. The van der Waals surface area contributed by atoms with Crippen molar-refractivity contribution < 1.29 is 9.53 Å². The Kier molecular flexibility index (Phi) is 6.51. The Hall–Kier alpha value is -2.51. The van der Waals surface area contributed by atoms with Gasteiger partial charge in [-0.3, -0.25) is 9.69 Å². The van der Waals surface area contributed by atoms with Crippen LogP contribution in [0.3, 0.4) is 0 Å². The fraction of sp³-hybridized carbons (Fsp3) is 0.421. The van der Waals surface area contributed by atoms with Crippen LogP contribution in [0, 0.1) is 6.92 Å². The zero-order valence-electron chi connectivity index (χ0n) is 15.1. The molecule has 1 aromatic carbocycles. The van der Waals surface area contributed by atoms with Gasteiger partial charge in [0.25, 0.3) is 5.91 Å². The summed E-state index contributed by atoms with van der Waals surface area (Å²) in [7, 11) is 0. The standard InChI is InChI=1S/C19H25N5O2/c1-15-4-2-3-5-16(15)14-22-18(25)17-6-7-20-19(23-17)21-8-9-24-10-12-26-13-11-24/h2-7H,8-14H2,1H3,(H,22,25)(H,20,21,23). The number of carbonyl (C=O) groups is 1. The summed E-state index contributed by atoms with van der Waals surface area (Å²) in [5.41, 5.74) is 2.61. The topological polar surface area (TPSA) is 79.4 Å². The molecule has 0 atom stereocenters. The van der Waals surface area contributed by atoms with Crippen LogP contribution in [0.25, 0.3) is 0 Å². The molecule has 0 unspecified atom stereocenters. The Labute approximate surface area is 153 Å². The Morgan fingerprint density at radius 3 is 2.85 bits per heavy atom. The van der Waals surface area contributed by atoms with E-state index in [1.54, 1.807) is 12.3 Å². The number of aryl methyl sites for hydroxylation is 1. The van der Waals surface area contributed by atoms with E-state index in [1.165, 1.54) is 0 Å². The number of benzene rings is 1. The SMILES string of the molecule is Cc1ccccc1CNC(=O)c1ccnc(NCCN2CCOCC2)n1. The Morgan fingerprint density at radius 1 is 1.23 bits per heavy atom. The number of nitrogens with zero attached hydrogens (tertiary/aromatic N) is 3. The van der Waals surface area contributed by atoms with Gasteiger partial charge in [0.2, 0.25) is 5.95 Å². The molecule has 2 heterocycles. The van der Waals surface area contributed by atoms with Crippen LogP contribution in [0.4, 0.5) is 5.95 Å². The molecule has 0 saturated carbocycles. The molecule has 1 aliphatic heterocycles. The average Bonchev–Trinajstić information content (AvgIpc) is 2.68. The molecule has 138 valence electrons. The van der Waals surface area contributed by atoms with Gasteiger partial charge in [0.05, 0.1) is 13.2 Å². The first-order chi connectivity index (χ1) is 12.7. The maximum absolute atomic E-state index is 12.4. The lowest BCUT2D eigenvalue weighted by Crippen LogP contribution is -2.39. The van der Waals surface area contributed by atoms with Gasteiger partial charge < -0.3 is 15.4 Å². The van der Waals surface area contributed by atoms with E-state index in [-0.39, 0.29) is 5.91 Å². The fourth-order valence-electron chi connectivity index (χ4n) is 2.80. The van der Waals surface area contributed by atoms with Crippen molar-refractivity contribution in [2.45, 2.75) is 13.5 Å². The number of ether oxygens (including phenoxy) is 1. The van der Waals surface area contributed by atoms with Crippen molar-refractivity contribution >= 4 is 11.9 Å². The molecule has 7 nitrogen and oxygen atoms in total. The molecule has 1 aliphatic rings. The van der Waals surface area contributed by atoms with Crippen LogP contribution in [-0.4, -0.2) is 60.2 Å². The molecule has 1 aromatic heterocycles. The van der Waals surface area contributed by atoms with Crippen molar-refractivity contribution in [1.29, 1.82) is 0 Å². The highest BCUT2D eigenvalue weighted by Crippen LogP contribution is 2.07. The van der Waals surface area contributed by atoms with Crippen molar-refractivity contribution in [3.63, 3.8) is 0 Å². The van der Waals surface area contributed by atoms with E-state index in [9.17, 15) is 4.79 Å². The number of amides is 1. The molecule has 1 amide bonds. The number of anilines is 1. The molecule has 0 bridgehead atoms. The van der Waals surface area contributed by atoms with Crippen LogP contribution in [0.15, 0.2) is 36.5 Å². The fourth-order valence-corrected chi connectivity index (χ4v) is 2.80. The number of carbonyl (C=O) groups excluding carboxylic acids is 1. The summed E-state index contributed by atoms with van der Waals surface area (Å²) in [5, 5.41) is 6.10. The first kappa shape index (κ1) is 18.3. The third kappa shape index (κ3) is 5.24. The first-order valence-corrected chi connectivity index (χ1v) is 8.92. The van der Waals surface area contributed by atoms with E-state index in [1.807, 2.05) is 31.2 Å². The highest BCUT2D eigenvalue weighted by Gasteiger charge is 2.11. The van der Waals surface area contributed by atoms with Gasteiger partial charge >= 0.3 is 0 Å². The second-order valence-corrected chi connectivity index (χ2v) is 6.26. The molecule has 0 aliphatic carbocycles. The summed E-state index contributed by atoms with van der Waals surface area (Å²) < 4.78 is 5.34. The lowest BCUT2D eigenvalue weighted by atomic mass is 10.1. The van der Waals surface area contributed by atoms with Crippen LogP contribution in [0.1, 0.15) is 21.6 Å². The van der Waals surface area contributed by atoms with Gasteiger partial charge in [0.1, 0.15) is 5.69 Å². The van der Waals surface area contributed by atoms with Gasteiger partial charge in [-0.2, -0.15) is 0 Å². The molecule has 2 N–H and O–H groups in total. The average molecular weight is 355 g/mol. The monoisotopic (exact) mass is 355 g/mol. The van der Waals surface area contributed by atoms with Crippen LogP contribution in [0.2, 0.25) is 0 Å². The predicted octanol–water partition coefficient (Wildman–Crippen LogP) is 1.46. The third-order valence-corrected chi connectivity index (χ3v) is 4.40. The highest BCUT2D eigenvalue weighted by atomic mass is 16.5. The van der Waals surface area contributed by atoms with Crippen molar-refractivity contribution in [2.24, 2.45) is 0 Å². The molecule has 0 radical (unpaired) electrons. The smallest absolute Gasteiger partial charge is 0.270 e. The summed E-state index contributed by atoms with van der Waals surface area (Å²) in [4.78, 5) is 23.2. The van der Waals surface area contributed by atoms with Gasteiger partial charge in [-0.25, -0.2) is 9.97 Å². The lowest BCUT2D eigenvalue weighted by Gasteiger charge is -2.26. The predicted molar refractivity (Wildman–Crippen MR) is 100 cm³/mol. The van der Waals surface area contributed by atoms with E-state index in [0.29, 0.717) is 18.2 Å². The van der Waals surface area contributed by atoms with Crippen LogP contribution < -0.4 is 10.6 Å². The number of aromatic nitrogens is 2. The van der Waals surface area contributed by atoms with Crippen LogP contribution in [0.5, 0.6) is 0 Å². The molecular formula is C19H25N5O2. The van der Waals surface area contributed by atoms with E-state index >= 15 is 0 Å². The van der Waals surface area contributed by atoms with Crippen molar-refractivity contribution in [2.75, 3.05) is 44.7 Å². The van der Waals surface area contributed by atoms with Crippen molar-refractivity contribution in [3.05, 3.63) is 53.3 Å². The zero-order valence-corrected chi connectivity index (χ0v) is 15.1. The normalized spacial score (nSPS) is 14.8. The summed E-state index contributed by atoms with van der Waals surface area (Å²) in [6.07, 6.45) is 1.60. The molecule has 7 heteroatoms. The third-order valence-electron chi connectivity index (χ3n) is 4.40. The number of morpholine rings is 1. The van der Waals surface area contributed by atoms with Gasteiger partial charge in [-0.15, -0.1) is 0 Å². The maximum atomic E-state index is 12.4. The maximum Gasteiger partial charge on any atom is 0.270 e. The van der Waals surface area contributed by atoms with E-state index in [2.05, 4.69) is 25.5 Å². The largest absolute Gasteiger partial charge is 0.379 e. The van der Waals surface area contributed by atoms with Gasteiger partial charge in [0.15, 0.2) is 0 Å². The summed E-state index contributed by atoms with van der Waals surface area (Å²) in [6.45, 7) is 7.61. The Morgan fingerprint density at radius 2 is 2.04 bits per heavy atom. The Balaban J connectivity index is 1.49. The van der Waals surface area contributed by atoms with Crippen LogP contribution in [-0.2, 0) is 11.3 Å². The van der Waals surface area contributed by atoms with E-state index in [4.69, 9.17) is 4.74 Å². The zero-order chi connectivity index (χ0) is 18.2. The minimum absolute atomic E-state index is 0.202. The summed E-state index contributed by atoms with van der Waals surface area (Å²) >= 11 is 0. The molecule has 1 saturated heterocycles. The molecule has 2 aromatic rings. The molecule has 26 heavy (non-hydrogen) atoms. The minimum Gasteiger partial charge on any atom is -0.379 e. The quantitative estimate of drug-likeness (QED) is 0.783. The van der Waals surface area contributed by atoms with Gasteiger partial charge in [-0.1, -0.05) is 24.3 Å². The van der Waals surface area contributed by atoms with E-state index < -0.39 is 0 Å². The molecule has 0 spiro atoms. The van der Waals surface area contributed by atoms with Gasteiger partial charge in [-0.05, 0) is 24.1 Å². The molecule has 3 rings (SSSR count). The van der Waals surface area contributed by atoms with E-state index in [0.717, 1.165) is 50.5 Å². The van der Waals surface area contributed by atoms with Crippen molar-refractivity contribution in [3.8, 4) is 0 Å².